The highest BCUT2D eigenvalue weighted by atomic mass is 17.2. The van der Waals surface area contributed by atoms with Crippen LogP contribution in [0.2, 0.25) is 0 Å². The highest BCUT2D eigenvalue weighted by Gasteiger charge is 2.21. The fourth-order valence-corrected chi connectivity index (χ4v) is 0.436. The number of carbonyl (C=O) groups is 3. The van der Waals surface area contributed by atoms with E-state index in [9.17, 15) is 14.4 Å². The summed E-state index contributed by atoms with van der Waals surface area (Å²) in [6, 6.07) is 0. The van der Waals surface area contributed by atoms with Gasteiger partial charge in [0.25, 0.3) is 0 Å². The second-order valence-electron chi connectivity index (χ2n) is 2.59. The fraction of sp³-hybridized carbons (Fsp3) is 0.571. The number of aliphatic carboxylic acids is 1. The van der Waals surface area contributed by atoms with Crippen molar-refractivity contribution in [2.45, 2.75) is 25.6 Å². The molecule has 8 heteroatoms. The second kappa shape index (κ2) is 5.94. The Hall–Kier alpha value is -1.67. The molecule has 0 aliphatic rings. The molecule has 0 fully saturated rings. The SMILES string of the molecule is CC(O)C(=O)OOC(=O)CC(O)C(=O)O. The van der Waals surface area contributed by atoms with Crippen LogP contribution in [0, 0.1) is 0 Å². The smallest absolute Gasteiger partial charge is 0.383 e. The third-order valence-electron chi connectivity index (χ3n) is 1.20. The Labute approximate surface area is 84.0 Å². The van der Waals surface area contributed by atoms with E-state index in [0.717, 1.165) is 6.92 Å². The molecular weight excluding hydrogens is 212 g/mol. The molecule has 0 aliphatic heterocycles. The number of aliphatic hydroxyl groups is 2. The minimum atomic E-state index is -1.93. The molecule has 0 aliphatic carbocycles. The zero-order chi connectivity index (χ0) is 12.0. The maximum Gasteiger partial charge on any atom is 0.383 e. The number of aliphatic hydroxyl groups excluding tert-OH is 2. The van der Waals surface area contributed by atoms with Gasteiger partial charge >= 0.3 is 17.9 Å². The summed E-state index contributed by atoms with van der Waals surface area (Å²) in [6.07, 6.45) is -4.26. The highest BCUT2D eigenvalue weighted by molar-refractivity contribution is 5.80. The first kappa shape index (κ1) is 13.3. The average molecular weight is 222 g/mol. The van der Waals surface area contributed by atoms with Crippen molar-refractivity contribution in [3.63, 3.8) is 0 Å². The van der Waals surface area contributed by atoms with Gasteiger partial charge in [-0.05, 0) is 6.92 Å². The van der Waals surface area contributed by atoms with Crippen LogP contribution in [0.15, 0.2) is 0 Å². The van der Waals surface area contributed by atoms with Crippen LogP contribution in [0.5, 0.6) is 0 Å². The molecule has 0 rings (SSSR count). The Kier molecular flexibility index (Phi) is 5.27. The van der Waals surface area contributed by atoms with Gasteiger partial charge in [0.05, 0.1) is 6.42 Å². The number of carbonyl (C=O) groups excluding carboxylic acids is 2. The van der Waals surface area contributed by atoms with Crippen molar-refractivity contribution in [2.75, 3.05) is 0 Å². The number of hydrogen-bond donors (Lipinski definition) is 3. The molecule has 2 unspecified atom stereocenters. The molecule has 2 atom stereocenters. The topological polar surface area (TPSA) is 130 Å². The molecule has 0 aromatic heterocycles. The Morgan fingerprint density at radius 3 is 2.13 bits per heavy atom. The van der Waals surface area contributed by atoms with Gasteiger partial charge in [-0.15, -0.1) is 0 Å². The van der Waals surface area contributed by atoms with Crippen molar-refractivity contribution in [3.05, 3.63) is 0 Å². The molecule has 3 N–H and O–H groups in total. The lowest BCUT2D eigenvalue weighted by Gasteiger charge is -2.05. The van der Waals surface area contributed by atoms with Crippen LogP contribution in [0.1, 0.15) is 13.3 Å². The van der Waals surface area contributed by atoms with Gasteiger partial charge in [-0.2, -0.15) is 0 Å². The zero-order valence-electron chi connectivity index (χ0n) is 7.74. The second-order valence-corrected chi connectivity index (χ2v) is 2.59. The maximum atomic E-state index is 10.7. The summed E-state index contributed by atoms with van der Waals surface area (Å²) in [7, 11) is 0. The van der Waals surface area contributed by atoms with Crippen LogP contribution in [-0.2, 0) is 24.2 Å². The summed E-state index contributed by atoms with van der Waals surface area (Å²) in [5.74, 6) is -4.04. The van der Waals surface area contributed by atoms with Gasteiger partial charge in [-0.3, -0.25) is 0 Å². The first-order chi connectivity index (χ1) is 6.84. The van der Waals surface area contributed by atoms with Crippen LogP contribution < -0.4 is 0 Å². The van der Waals surface area contributed by atoms with E-state index >= 15 is 0 Å². The van der Waals surface area contributed by atoms with Gasteiger partial charge in [-0.25, -0.2) is 24.2 Å². The minimum Gasteiger partial charge on any atom is -0.479 e. The van der Waals surface area contributed by atoms with E-state index in [1.54, 1.807) is 0 Å². The first-order valence-corrected chi connectivity index (χ1v) is 3.84. The Balaban J connectivity index is 3.86. The van der Waals surface area contributed by atoms with Crippen molar-refractivity contribution < 1.29 is 39.5 Å². The van der Waals surface area contributed by atoms with E-state index in [1.807, 2.05) is 0 Å². The van der Waals surface area contributed by atoms with Gasteiger partial charge in [0.15, 0.2) is 12.2 Å². The lowest BCUT2D eigenvalue weighted by molar-refractivity contribution is -0.264. The van der Waals surface area contributed by atoms with Crippen molar-refractivity contribution in [1.82, 2.24) is 0 Å². The number of hydrogen-bond acceptors (Lipinski definition) is 7. The van der Waals surface area contributed by atoms with E-state index in [1.165, 1.54) is 0 Å². The average Bonchev–Trinajstić information content (AvgIpc) is 2.13. The predicted molar refractivity (Wildman–Crippen MR) is 42.1 cm³/mol. The molecule has 0 bridgehead atoms. The maximum absolute atomic E-state index is 10.7. The van der Waals surface area contributed by atoms with Crippen LogP contribution in [-0.4, -0.2) is 45.4 Å². The minimum absolute atomic E-state index is 0.859. The predicted octanol–water partition coefficient (Wildman–Crippen LogP) is -1.80. The summed E-state index contributed by atoms with van der Waals surface area (Å²) < 4.78 is 0. The quantitative estimate of drug-likeness (QED) is 0.375. The van der Waals surface area contributed by atoms with Gasteiger partial charge in [0, 0.05) is 0 Å². The first-order valence-electron chi connectivity index (χ1n) is 3.84. The van der Waals surface area contributed by atoms with Crippen LogP contribution in [0.3, 0.4) is 0 Å². The summed E-state index contributed by atoms with van der Waals surface area (Å²) in [4.78, 5) is 38.9. The van der Waals surface area contributed by atoms with Crippen molar-refractivity contribution >= 4 is 17.9 Å². The van der Waals surface area contributed by atoms with Crippen LogP contribution in [0.25, 0.3) is 0 Å². The van der Waals surface area contributed by atoms with Gasteiger partial charge in [0.1, 0.15) is 0 Å². The van der Waals surface area contributed by atoms with Crippen LogP contribution >= 0.6 is 0 Å². The van der Waals surface area contributed by atoms with E-state index in [-0.39, 0.29) is 0 Å². The molecule has 0 saturated heterocycles. The molecule has 0 heterocycles. The Bertz CT molecular complexity index is 258. The molecule has 0 radical (unpaired) electrons. The van der Waals surface area contributed by atoms with Gasteiger partial charge in [0.2, 0.25) is 0 Å². The van der Waals surface area contributed by atoms with E-state index in [4.69, 9.17) is 15.3 Å². The summed E-state index contributed by atoms with van der Waals surface area (Å²) >= 11 is 0. The van der Waals surface area contributed by atoms with Crippen molar-refractivity contribution in [3.8, 4) is 0 Å². The van der Waals surface area contributed by atoms with E-state index in [2.05, 4.69) is 9.78 Å². The molecule has 0 aromatic carbocycles. The molecule has 15 heavy (non-hydrogen) atoms. The van der Waals surface area contributed by atoms with Crippen molar-refractivity contribution in [1.29, 1.82) is 0 Å². The fourth-order valence-electron chi connectivity index (χ4n) is 0.436. The summed E-state index contributed by atoms with van der Waals surface area (Å²) in [5.41, 5.74) is 0. The number of rotatable bonds is 4. The molecule has 0 saturated carbocycles. The lowest BCUT2D eigenvalue weighted by atomic mass is 10.3. The monoisotopic (exact) mass is 222 g/mol. The number of carboxylic acids is 1. The highest BCUT2D eigenvalue weighted by Crippen LogP contribution is 1.97. The summed E-state index contributed by atoms with van der Waals surface area (Å²) in [5, 5.41) is 25.5. The molecule has 0 spiro atoms. The molecule has 0 aromatic rings. The zero-order valence-corrected chi connectivity index (χ0v) is 7.74. The largest absolute Gasteiger partial charge is 0.479 e. The normalized spacial score (nSPS) is 13.8. The summed E-state index contributed by atoms with van der Waals surface area (Å²) in [6.45, 7) is 1.09. The van der Waals surface area contributed by atoms with Crippen LogP contribution in [0.4, 0.5) is 0 Å². The molecule has 86 valence electrons. The third-order valence-corrected chi connectivity index (χ3v) is 1.20. The van der Waals surface area contributed by atoms with Gasteiger partial charge in [-0.1, -0.05) is 0 Å². The van der Waals surface area contributed by atoms with Gasteiger partial charge < -0.3 is 15.3 Å². The Morgan fingerprint density at radius 2 is 1.73 bits per heavy atom. The van der Waals surface area contributed by atoms with E-state index in [0.29, 0.717) is 0 Å². The molecule has 8 nitrogen and oxygen atoms in total. The number of carboxylic acid groups (broad SMARTS) is 1. The Morgan fingerprint density at radius 1 is 1.20 bits per heavy atom. The standard InChI is InChI=1S/C7H10O8/c1-3(8)7(13)15-14-5(10)2-4(9)6(11)12/h3-4,8-9H,2H2,1H3,(H,11,12). The third kappa shape index (κ3) is 5.60. The van der Waals surface area contributed by atoms with E-state index < -0.39 is 36.5 Å². The lowest BCUT2D eigenvalue weighted by Crippen LogP contribution is -2.26. The van der Waals surface area contributed by atoms with Crippen molar-refractivity contribution in [2.24, 2.45) is 0 Å². The molecule has 0 amide bonds. The molecular formula is C7H10O8.